The molecule has 2 heteroatoms. The van der Waals surface area contributed by atoms with Gasteiger partial charge in [-0.2, -0.15) is 21.9 Å². The van der Waals surface area contributed by atoms with E-state index < -0.39 is 6.15 Å². The standard InChI is InChI=1S/C24H20B.C20H19N/c1-5-13-21(14-6-1)25(22-15-7-2-8-16-22,23-17-9-3-10-18-23)24-19-11-4-12-20-24;1-16-10-6-8-14-19(16)21(18-12-4-3-5-13-18)20-15-9-7-11-17(20)2/h1-20H;3-15H,1-2H3/q-1;/p+1. The maximum Gasteiger partial charge on any atom is 0.144 e. The van der Waals surface area contributed by atoms with Crippen LogP contribution in [0.5, 0.6) is 0 Å². The molecule has 1 N–H and O–H groups in total. The van der Waals surface area contributed by atoms with E-state index in [2.05, 4.69) is 214 Å². The van der Waals surface area contributed by atoms with Crippen molar-refractivity contribution in [2.45, 2.75) is 13.8 Å². The molecule has 0 radical (unpaired) electrons. The van der Waals surface area contributed by atoms with E-state index in [4.69, 9.17) is 0 Å². The first-order chi connectivity index (χ1) is 22.7. The molecule has 1 nitrogen and oxygen atoms in total. The van der Waals surface area contributed by atoms with Crippen LogP contribution in [0.2, 0.25) is 0 Å². The summed E-state index contributed by atoms with van der Waals surface area (Å²) in [5.74, 6) is 0. The van der Waals surface area contributed by atoms with Gasteiger partial charge in [-0.15, -0.1) is 0 Å². The Morgan fingerprint density at radius 3 is 0.870 bits per heavy atom. The second-order valence-electron chi connectivity index (χ2n) is 11.9. The van der Waals surface area contributed by atoms with Gasteiger partial charge in [0.2, 0.25) is 0 Å². The van der Waals surface area contributed by atoms with Gasteiger partial charge in [0.1, 0.15) is 23.2 Å². The molecule has 7 aromatic rings. The van der Waals surface area contributed by atoms with Crippen molar-refractivity contribution in [3.05, 3.63) is 211 Å². The zero-order valence-corrected chi connectivity index (χ0v) is 26.6. The van der Waals surface area contributed by atoms with Gasteiger partial charge in [0, 0.05) is 23.3 Å². The van der Waals surface area contributed by atoms with E-state index in [1.54, 1.807) is 0 Å². The molecule has 0 bridgehead atoms. The van der Waals surface area contributed by atoms with Crippen molar-refractivity contribution in [1.29, 1.82) is 0 Å². The normalized spacial score (nSPS) is 11.0. The average molecular weight is 594 g/mol. The maximum absolute atomic E-state index is 2.26. The Labute approximate surface area is 274 Å². The third kappa shape index (κ3) is 6.35. The minimum atomic E-state index is -1.22. The zero-order chi connectivity index (χ0) is 31.6. The number of nitrogens with one attached hydrogen (secondary N) is 1. The smallest absolute Gasteiger partial charge is 0.144 e. The lowest BCUT2D eigenvalue weighted by molar-refractivity contribution is -0.682. The van der Waals surface area contributed by atoms with Crippen LogP contribution in [0.1, 0.15) is 11.1 Å². The Bertz CT molecular complexity index is 1730. The number of aryl methyl sites for hydroxylation is 2. The van der Waals surface area contributed by atoms with E-state index >= 15 is 0 Å². The molecule has 46 heavy (non-hydrogen) atoms. The van der Waals surface area contributed by atoms with Crippen LogP contribution < -0.4 is 26.8 Å². The molecule has 0 spiro atoms. The van der Waals surface area contributed by atoms with Gasteiger partial charge >= 0.3 is 0 Å². The van der Waals surface area contributed by atoms with Gasteiger partial charge in [0.15, 0.2) is 0 Å². The Morgan fingerprint density at radius 1 is 0.304 bits per heavy atom. The SMILES string of the molecule is Cc1ccccc1[NH+](c1ccccc1)c1ccccc1C.c1ccc([B-](c2ccccc2)(c2ccccc2)c2ccccc2)cc1. The second-order valence-corrected chi connectivity index (χ2v) is 11.9. The highest BCUT2D eigenvalue weighted by Gasteiger charge is 2.31. The van der Waals surface area contributed by atoms with E-state index in [-0.39, 0.29) is 0 Å². The Morgan fingerprint density at radius 2 is 0.565 bits per heavy atom. The molecule has 0 aliphatic carbocycles. The lowest BCUT2D eigenvalue weighted by Gasteiger charge is -2.44. The van der Waals surface area contributed by atoms with Gasteiger partial charge in [-0.3, -0.25) is 0 Å². The highest BCUT2D eigenvalue weighted by atomic mass is 15.1. The van der Waals surface area contributed by atoms with Crippen LogP contribution in [-0.4, -0.2) is 6.15 Å². The molecule has 0 aliphatic heterocycles. The quantitative estimate of drug-likeness (QED) is 0.182. The Balaban J connectivity index is 0.000000164. The topological polar surface area (TPSA) is 4.44 Å². The fraction of sp³-hybridized carbons (Fsp3) is 0.0455. The van der Waals surface area contributed by atoms with Crippen molar-refractivity contribution >= 4 is 45.1 Å². The molecule has 0 heterocycles. The highest BCUT2D eigenvalue weighted by molar-refractivity contribution is 7.19. The first-order valence-electron chi connectivity index (χ1n) is 16.1. The monoisotopic (exact) mass is 593 g/mol. The lowest BCUT2D eigenvalue weighted by atomic mass is 9.13. The molecule has 0 atom stereocenters. The number of para-hydroxylation sites is 3. The number of rotatable bonds is 7. The fourth-order valence-electron chi connectivity index (χ4n) is 6.89. The minimum Gasteiger partial charge on any atom is -0.238 e. The molecule has 0 fully saturated rings. The molecule has 0 unspecified atom stereocenters. The molecule has 224 valence electrons. The third-order valence-corrected chi connectivity index (χ3v) is 9.09. The van der Waals surface area contributed by atoms with Gasteiger partial charge in [-0.05, 0) is 26.0 Å². The van der Waals surface area contributed by atoms with Gasteiger partial charge in [0.05, 0.1) is 0 Å². The van der Waals surface area contributed by atoms with E-state index in [1.807, 2.05) is 0 Å². The van der Waals surface area contributed by atoms with Crippen LogP contribution in [0.15, 0.2) is 200 Å². The van der Waals surface area contributed by atoms with Crippen molar-refractivity contribution in [3.63, 3.8) is 0 Å². The Kier molecular flexibility index (Phi) is 9.68. The van der Waals surface area contributed by atoms with Crippen LogP contribution in [0.4, 0.5) is 17.1 Å². The van der Waals surface area contributed by atoms with E-state index in [1.165, 1.54) is 54.9 Å². The van der Waals surface area contributed by atoms with Gasteiger partial charge in [-0.25, -0.2) is 4.90 Å². The predicted molar refractivity (Wildman–Crippen MR) is 199 cm³/mol. The summed E-state index contributed by atoms with van der Waals surface area (Å²) in [6.45, 7) is 4.35. The Hall–Kier alpha value is -5.44. The molecular weight excluding hydrogens is 553 g/mol. The highest BCUT2D eigenvalue weighted by Crippen LogP contribution is 2.20. The second kappa shape index (κ2) is 14.6. The van der Waals surface area contributed by atoms with Gasteiger partial charge in [0.25, 0.3) is 0 Å². The molecule has 0 aromatic heterocycles. The van der Waals surface area contributed by atoms with E-state index in [9.17, 15) is 0 Å². The van der Waals surface area contributed by atoms with Crippen molar-refractivity contribution in [2.75, 3.05) is 0 Å². The lowest BCUT2D eigenvalue weighted by Crippen LogP contribution is -2.97. The summed E-state index contributed by atoms with van der Waals surface area (Å²) in [5.41, 5.74) is 11.8. The van der Waals surface area contributed by atoms with Gasteiger partial charge < -0.3 is 0 Å². The summed E-state index contributed by atoms with van der Waals surface area (Å²) in [7, 11) is 0. The maximum atomic E-state index is 2.26. The predicted octanol–water partition coefficient (Wildman–Crippen LogP) is 7.55. The largest absolute Gasteiger partial charge is 0.238 e. The number of benzene rings is 7. The van der Waals surface area contributed by atoms with Crippen molar-refractivity contribution < 1.29 is 4.90 Å². The van der Waals surface area contributed by atoms with Crippen LogP contribution in [0.3, 0.4) is 0 Å². The molecule has 0 saturated carbocycles. The summed E-state index contributed by atoms with van der Waals surface area (Å²) in [6, 6.07) is 71.4. The molecular formula is C44H40BN. The molecule has 0 saturated heterocycles. The number of hydrogen-bond acceptors (Lipinski definition) is 0. The van der Waals surface area contributed by atoms with Gasteiger partial charge in [-0.1, -0.05) is 176 Å². The number of hydrogen-bond donors (Lipinski definition) is 1. The summed E-state index contributed by atoms with van der Waals surface area (Å²) >= 11 is 0. The molecule has 0 aliphatic rings. The van der Waals surface area contributed by atoms with Crippen molar-refractivity contribution in [3.8, 4) is 0 Å². The van der Waals surface area contributed by atoms with Crippen LogP contribution >= 0.6 is 0 Å². The molecule has 7 aromatic carbocycles. The average Bonchev–Trinajstić information content (AvgIpc) is 3.13. The summed E-state index contributed by atoms with van der Waals surface area (Å²) in [5, 5.41) is 0. The van der Waals surface area contributed by atoms with Crippen molar-refractivity contribution in [1.82, 2.24) is 0 Å². The number of quaternary nitrogens is 1. The molecule has 7 rings (SSSR count). The van der Waals surface area contributed by atoms with Crippen LogP contribution in [0.25, 0.3) is 0 Å². The third-order valence-electron chi connectivity index (χ3n) is 9.09. The van der Waals surface area contributed by atoms with Crippen LogP contribution in [0, 0.1) is 13.8 Å². The zero-order valence-electron chi connectivity index (χ0n) is 26.6. The summed E-state index contributed by atoms with van der Waals surface area (Å²) in [4.78, 5) is 1.31. The summed E-state index contributed by atoms with van der Waals surface area (Å²) < 4.78 is 0. The van der Waals surface area contributed by atoms with E-state index in [0.29, 0.717) is 0 Å². The first-order valence-corrected chi connectivity index (χ1v) is 16.1. The summed E-state index contributed by atoms with van der Waals surface area (Å²) in [6.07, 6.45) is -1.22. The van der Waals surface area contributed by atoms with Crippen LogP contribution in [-0.2, 0) is 0 Å². The first kappa shape index (κ1) is 30.6. The van der Waals surface area contributed by atoms with E-state index in [0.717, 1.165) is 0 Å². The molecule has 0 amide bonds. The minimum absolute atomic E-state index is 1.22. The fourth-order valence-corrected chi connectivity index (χ4v) is 6.89. The van der Waals surface area contributed by atoms with Crippen molar-refractivity contribution in [2.24, 2.45) is 0 Å².